The second-order valence-corrected chi connectivity index (χ2v) is 17.0. The van der Waals surface area contributed by atoms with E-state index in [2.05, 4.69) is 206 Å². The number of fused-ring (bicyclic) bond motifs is 9. The Labute approximate surface area is 355 Å². The summed E-state index contributed by atoms with van der Waals surface area (Å²) in [7, 11) is 0. The van der Waals surface area contributed by atoms with Gasteiger partial charge < -0.3 is 4.90 Å². The zero-order chi connectivity index (χ0) is 42.5. The summed E-state index contributed by atoms with van der Waals surface area (Å²) in [5, 5.41) is 2.70. The lowest BCUT2D eigenvalue weighted by Gasteiger charge is -2.30. The lowest BCUT2D eigenvalue weighted by atomic mass is 9.72. The molecule has 3 aliphatic carbocycles. The number of rotatable bonds is 5. The number of anilines is 2. The summed E-state index contributed by atoms with van der Waals surface area (Å²) in [4.78, 5) is 2.33. The Morgan fingerprint density at radius 1 is 0.661 bits per heavy atom. The highest BCUT2D eigenvalue weighted by atomic mass is 15.1. The van der Waals surface area contributed by atoms with E-state index < -0.39 is 0 Å². The molecule has 6 aromatic carbocycles. The topological polar surface area (TPSA) is 3.24 Å². The molecule has 6 aromatic rings. The lowest BCUT2D eigenvalue weighted by Crippen LogP contribution is -2.24. The SMILES string of the molecule is C=C/C=C(/C)C=C.CC.Cc1ccc(N(C2=CC(C)CC=C2)c2ccccc2)cc1.Cc1ccc2c(c1)C(C)(C)c1c-2ccc2c1C(C)(C)c1ccc3ccccc3c1-2. The molecule has 1 unspecified atom stereocenters. The van der Waals surface area contributed by atoms with Crippen molar-refractivity contribution < 1.29 is 0 Å². The van der Waals surface area contributed by atoms with Gasteiger partial charge in [-0.2, -0.15) is 0 Å². The van der Waals surface area contributed by atoms with Crippen LogP contribution in [0.4, 0.5) is 11.4 Å². The van der Waals surface area contributed by atoms with Gasteiger partial charge in [-0.15, -0.1) is 0 Å². The maximum absolute atomic E-state index is 3.56. The average Bonchev–Trinajstić information content (AvgIpc) is 3.62. The van der Waals surface area contributed by atoms with Gasteiger partial charge in [0.2, 0.25) is 0 Å². The van der Waals surface area contributed by atoms with Crippen molar-refractivity contribution in [2.24, 2.45) is 5.92 Å². The van der Waals surface area contributed by atoms with Crippen LogP contribution in [0, 0.1) is 19.8 Å². The number of nitrogens with zero attached hydrogens (tertiary/aromatic N) is 1. The molecule has 0 radical (unpaired) electrons. The number of allylic oxidation sites excluding steroid dienone is 7. The van der Waals surface area contributed by atoms with Crippen LogP contribution in [0.15, 0.2) is 182 Å². The standard InChI is InChI=1S/C29H26.C20H21N.C7H10.C2H6/c1-17-10-12-20-21-13-14-22-25-19-9-7-6-8-18(19)11-15-23(25)28(2,3)27(22)26(21)29(4,5)24(20)16-17;1-16-11-13-19(14-12-16)21(18-8-4-3-5-9-18)20-10-6-7-17(2)15-20;1-4-6-7(3)5-2;1-2/h6-16H,1-5H3;3-6,8-15,17H,7H2,1-2H3;4-6H,1-2H2,3H3;1-2H3/b;;7-6-;. The van der Waals surface area contributed by atoms with Crippen LogP contribution in [-0.2, 0) is 10.8 Å². The van der Waals surface area contributed by atoms with Crippen molar-refractivity contribution in [2.45, 2.75) is 86.5 Å². The number of hydrogen-bond acceptors (Lipinski definition) is 1. The van der Waals surface area contributed by atoms with Gasteiger partial charge in [0, 0.05) is 27.9 Å². The predicted molar refractivity (Wildman–Crippen MR) is 260 cm³/mol. The van der Waals surface area contributed by atoms with Crippen molar-refractivity contribution in [3.63, 3.8) is 0 Å². The Kier molecular flexibility index (Phi) is 13.0. The van der Waals surface area contributed by atoms with Crippen molar-refractivity contribution in [3.05, 3.63) is 216 Å². The van der Waals surface area contributed by atoms with Crippen LogP contribution < -0.4 is 4.90 Å². The Hall–Kier alpha value is -5.92. The van der Waals surface area contributed by atoms with E-state index in [4.69, 9.17) is 0 Å². The van der Waals surface area contributed by atoms with Crippen LogP contribution >= 0.6 is 0 Å². The molecule has 9 rings (SSSR count). The molecule has 59 heavy (non-hydrogen) atoms. The molecule has 3 aliphatic rings. The van der Waals surface area contributed by atoms with Gasteiger partial charge in [0.25, 0.3) is 0 Å². The number of aryl methyl sites for hydroxylation is 2. The number of benzene rings is 6. The molecule has 0 N–H and O–H groups in total. The molecule has 0 bridgehead atoms. The van der Waals surface area contributed by atoms with E-state index in [-0.39, 0.29) is 10.8 Å². The van der Waals surface area contributed by atoms with Crippen molar-refractivity contribution in [2.75, 3.05) is 4.90 Å². The van der Waals surface area contributed by atoms with Crippen LogP contribution in [0.1, 0.15) is 95.2 Å². The summed E-state index contributed by atoms with van der Waals surface area (Å²) >= 11 is 0. The first-order valence-corrected chi connectivity index (χ1v) is 21.4. The van der Waals surface area contributed by atoms with E-state index in [1.807, 2.05) is 26.8 Å². The Morgan fingerprint density at radius 2 is 1.25 bits per heavy atom. The van der Waals surface area contributed by atoms with Gasteiger partial charge in [0.05, 0.1) is 0 Å². The van der Waals surface area contributed by atoms with Crippen LogP contribution in [0.2, 0.25) is 0 Å². The van der Waals surface area contributed by atoms with Crippen LogP contribution in [0.3, 0.4) is 0 Å². The molecule has 0 aromatic heterocycles. The molecule has 0 amide bonds. The monoisotopic (exact) mass is 773 g/mol. The molecule has 0 saturated heterocycles. The van der Waals surface area contributed by atoms with Gasteiger partial charge >= 0.3 is 0 Å². The largest absolute Gasteiger partial charge is 0.311 e. The maximum atomic E-state index is 3.56. The van der Waals surface area contributed by atoms with Crippen LogP contribution in [0.5, 0.6) is 0 Å². The third kappa shape index (κ3) is 8.35. The third-order valence-electron chi connectivity index (χ3n) is 12.0. The van der Waals surface area contributed by atoms with Gasteiger partial charge in [-0.1, -0.05) is 206 Å². The Balaban J connectivity index is 0.000000171. The Bertz CT molecular complexity index is 2550. The van der Waals surface area contributed by atoms with E-state index in [1.54, 1.807) is 12.2 Å². The average molecular weight is 774 g/mol. The molecular formula is C58H63N. The molecule has 0 fully saturated rings. The molecule has 0 aliphatic heterocycles. The van der Waals surface area contributed by atoms with Crippen molar-refractivity contribution in [1.29, 1.82) is 0 Å². The predicted octanol–water partition coefficient (Wildman–Crippen LogP) is 16.7. The first kappa shape index (κ1) is 42.7. The molecule has 1 atom stereocenters. The van der Waals surface area contributed by atoms with Crippen molar-refractivity contribution in [1.82, 2.24) is 0 Å². The summed E-state index contributed by atoms with van der Waals surface area (Å²) in [6.45, 7) is 29.3. The molecule has 300 valence electrons. The fourth-order valence-corrected chi connectivity index (χ4v) is 9.04. The summed E-state index contributed by atoms with van der Waals surface area (Å²) in [6.07, 6.45) is 13.4. The van der Waals surface area contributed by atoms with E-state index >= 15 is 0 Å². The minimum atomic E-state index is -0.00556. The van der Waals surface area contributed by atoms with Crippen LogP contribution in [0.25, 0.3) is 33.0 Å². The Morgan fingerprint density at radius 3 is 1.92 bits per heavy atom. The second-order valence-electron chi connectivity index (χ2n) is 17.0. The van der Waals surface area contributed by atoms with Crippen molar-refractivity contribution >= 4 is 22.1 Å². The van der Waals surface area contributed by atoms with Gasteiger partial charge in [-0.25, -0.2) is 0 Å². The van der Waals surface area contributed by atoms with E-state index in [9.17, 15) is 0 Å². The normalized spacial score (nSPS) is 15.9. The molecule has 0 heterocycles. The quantitative estimate of drug-likeness (QED) is 0.158. The van der Waals surface area contributed by atoms with Gasteiger partial charge in [0.15, 0.2) is 0 Å². The van der Waals surface area contributed by atoms with Gasteiger partial charge in [-0.05, 0) is 119 Å². The fourth-order valence-electron chi connectivity index (χ4n) is 9.04. The maximum Gasteiger partial charge on any atom is 0.0461 e. The number of para-hydroxylation sites is 1. The highest BCUT2D eigenvalue weighted by Gasteiger charge is 2.46. The minimum Gasteiger partial charge on any atom is -0.311 e. The second kappa shape index (κ2) is 17.9. The molecule has 1 heteroatoms. The minimum absolute atomic E-state index is 0.00556. The molecule has 0 saturated carbocycles. The molecule has 1 nitrogen and oxygen atoms in total. The zero-order valence-corrected chi connectivity index (χ0v) is 37.2. The van der Waals surface area contributed by atoms with Crippen LogP contribution in [-0.4, -0.2) is 0 Å². The third-order valence-corrected chi connectivity index (χ3v) is 12.0. The summed E-state index contributed by atoms with van der Waals surface area (Å²) < 4.78 is 0. The summed E-state index contributed by atoms with van der Waals surface area (Å²) in [5.74, 6) is 0.585. The smallest absolute Gasteiger partial charge is 0.0461 e. The van der Waals surface area contributed by atoms with Gasteiger partial charge in [0.1, 0.15) is 0 Å². The summed E-state index contributed by atoms with van der Waals surface area (Å²) in [6, 6.07) is 44.5. The zero-order valence-electron chi connectivity index (χ0n) is 37.2. The van der Waals surface area contributed by atoms with E-state index in [0.29, 0.717) is 5.92 Å². The van der Waals surface area contributed by atoms with Crippen molar-refractivity contribution in [3.8, 4) is 22.3 Å². The lowest BCUT2D eigenvalue weighted by molar-refractivity contribution is 0.601. The van der Waals surface area contributed by atoms with E-state index in [0.717, 1.165) is 12.0 Å². The number of hydrogen-bond donors (Lipinski definition) is 0. The fraction of sp³-hybridized carbons (Fsp3) is 0.241. The highest BCUT2D eigenvalue weighted by Crippen LogP contribution is 2.60. The molecular weight excluding hydrogens is 711 g/mol. The first-order chi connectivity index (χ1) is 28.4. The summed E-state index contributed by atoms with van der Waals surface area (Å²) in [5.41, 5.74) is 19.1. The van der Waals surface area contributed by atoms with Gasteiger partial charge in [-0.3, -0.25) is 0 Å². The molecule has 0 spiro atoms. The van der Waals surface area contributed by atoms with E-state index in [1.165, 1.54) is 83.5 Å². The highest BCUT2D eigenvalue weighted by molar-refractivity contribution is 6.04. The first-order valence-electron chi connectivity index (χ1n) is 21.4.